The lowest BCUT2D eigenvalue weighted by Crippen LogP contribution is -2.10. The molecule has 5 heteroatoms. The Balaban J connectivity index is 1.90. The summed E-state index contributed by atoms with van der Waals surface area (Å²) in [5, 5.41) is 29.4. The van der Waals surface area contributed by atoms with Gasteiger partial charge in [0.05, 0.1) is 6.61 Å². The van der Waals surface area contributed by atoms with E-state index in [-0.39, 0.29) is 22.8 Å². The molecule has 0 fully saturated rings. The van der Waals surface area contributed by atoms with E-state index in [1.807, 2.05) is 0 Å². The lowest BCUT2D eigenvalue weighted by Gasteiger charge is -2.12. The number of hydrogen-bond donors (Lipinski definition) is 3. The zero-order valence-electron chi connectivity index (χ0n) is 17.8. The quantitative estimate of drug-likeness (QED) is 0.257. The summed E-state index contributed by atoms with van der Waals surface area (Å²) in [6, 6.07) is 9.43. The van der Waals surface area contributed by atoms with Crippen molar-refractivity contribution in [2.45, 2.75) is 52.4 Å². The molecule has 162 valence electrons. The summed E-state index contributed by atoms with van der Waals surface area (Å²) in [5.74, 6) is -0.201. The van der Waals surface area contributed by atoms with E-state index in [9.17, 15) is 20.1 Å². The molecule has 0 heterocycles. The van der Waals surface area contributed by atoms with Gasteiger partial charge in [-0.2, -0.15) is 0 Å². The van der Waals surface area contributed by atoms with Gasteiger partial charge in [0.1, 0.15) is 22.8 Å². The zero-order valence-corrected chi connectivity index (χ0v) is 17.8. The third-order valence-electron chi connectivity index (χ3n) is 4.78. The average molecular weight is 413 g/mol. The van der Waals surface area contributed by atoms with Gasteiger partial charge in [-0.25, -0.2) is 4.79 Å². The van der Waals surface area contributed by atoms with Crippen LogP contribution in [0.3, 0.4) is 0 Å². The SMILES string of the molecule is CC(C)/C=C/CCCCCOC(=O)c1c(O)cc(O)cc1CCc1ccc(O)cc1. The van der Waals surface area contributed by atoms with Crippen LogP contribution in [0.5, 0.6) is 17.2 Å². The lowest BCUT2D eigenvalue weighted by atomic mass is 9.98. The topological polar surface area (TPSA) is 87.0 Å². The second-order valence-electron chi connectivity index (χ2n) is 7.82. The van der Waals surface area contributed by atoms with Crippen LogP contribution in [0.2, 0.25) is 0 Å². The normalized spacial score (nSPS) is 11.3. The largest absolute Gasteiger partial charge is 0.508 e. The number of allylic oxidation sites excluding steroid dienone is 2. The van der Waals surface area contributed by atoms with Gasteiger partial charge >= 0.3 is 5.97 Å². The maximum absolute atomic E-state index is 12.6. The van der Waals surface area contributed by atoms with Gasteiger partial charge in [0.25, 0.3) is 0 Å². The van der Waals surface area contributed by atoms with E-state index in [4.69, 9.17) is 4.74 Å². The van der Waals surface area contributed by atoms with Crippen molar-refractivity contribution in [3.63, 3.8) is 0 Å². The second-order valence-corrected chi connectivity index (χ2v) is 7.82. The maximum Gasteiger partial charge on any atom is 0.342 e. The summed E-state index contributed by atoms with van der Waals surface area (Å²) < 4.78 is 5.37. The summed E-state index contributed by atoms with van der Waals surface area (Å²) in [5.41, 5.74) is 1.61. The monoisotopic (exact) mass is 412 g/mol. The first-order valence-corrected chi connectivity index (χ1v) is 10.5. The summed E-state index contributed by atoms with van der Waals surface area (Å²) >= 11 is 0. The highest BCUT2D eigenvalue weighted by atomic mass is 16.5. The van der Waals surface area contributed by atoms with Crippen molar-refractivity contribution in [3.05, 3.63) is 65.2 Å². The molecule has 0 aliphatic carbocycles. The van der Waals surface area contributed by atoms with Crippen molar-refractivity contribution in [1.29, 1.82) is 0 Å². The zero-order chi connectivity index (χ0) is 21.9. The standard InChI is InChI=1S/C25H32O5/c1-18(2)8-6-4-3-5-7-15-30-25(29)24-20(16-22(27)17-23(24)28)12-9-19-10-13-21(26)14-11-19/h6,8,10-11,13-14,16-18,26-28H,3-5,7,9,12,15H2,1-2H3/b8-6+. The predicted molar refractivity (Wildman–Crippen MR) is 118 cm³/mol. The molecular formula is C25H32O5. The first kappa shape index (κ1) is 23.3. The van der Waals surface area contributed by atoms with E-state index >= 15 is 0 Å². The number of phenols is 3. The minimum Gasteiger partial charge on any atom is -0.508 e. The Hall–Kier alpha value is -2.95. The highest BCUT2D eigenvalue weighted by Crippen LogP contribution is 2.29. The Kier molecular flexibility index (Phi) is 9.26. The summed E-state index contributed by atoms with van der Waals surface area (Å²) in [6.07, 6.45) is 9.20. The number of rotatable bonds is 11. The fourth-order valence-corrected chi connectivity index (χ4v) is 3.19. The summed E-state index contributed by atoms with van der Waals surface area (Å²) in [6.45, 7) is 4.59. The fourth-order valence-electron chi connectivity index (χ4n) is 3.19. The Labute approximate surface area is 178 Å². The van der Waals surface area contributed by atoms with E-state index in [1.54, 1.807) is 24.3 Å². The van der Waals surface area contributed by atoms with Crippen LogP contribution < -0.4 is 0 Å². The van der Waals surface area contributed by atoms with Crippen LogP contribution in [-0.2, 0) is 17.6 Å². The molecule has 0 unspecified atom stereocenters. The van der Waals surface area contributed by atoms with Crippen LogP contribution in [-0.4, -0.2) is 27.9 Å². The van der Waals surface area contributed by atoms with Gasteiger partial charge in [-0.15, -0.1) is 0 Å². The Morgan fingerprint density at radius 2 is 1.70 bits per heavy atom. The third kappa shape index (κ3) is 7.82. The van der Waals surface area contributed by atoms with E-state index in [2.05, 4.69) is 26.0 Å². The van der Waals surface area contributed by atoms with Crippen molar-refractivity contribution >= 4 is 5.97 Å². The van der Waals surface area contributed by atoms with Crippen molar-refractivity contribution in [3.8, 4) is 17.2 Å². The van der Waals surface area contributed by atoms with Crippen molar-refractivity contribution in [2.24, 2.45) is 5.92 Å². The average Bonchev–Trinajstić information content (AvgIpc) is 2.68. The van der Waals surface area contributed by atoms with Crippen LogP contribution in [0, 0.1) is 5.92 Å². The van der Waals surface area contributed by atoms with Gasteiger partial charge in [0.2, 0.25) is 0 Å². The van der Waals surface area contributed by atoms with E-state index in [1.165, 1.54) is 6.07 Å². The van der Waals surface area contributed by atoms with Gasteiger partial charge in [-0.1, -0.05) is 38.1 Å². The molecule has 0 saturated carbocycles. The third-order valence-corrected chi connectivity index (χ3v) is 4.78. The number of esters is 1. The molecule has 0 aromatic heterocycles. The first-order valence-electron chi connectivity index (χ1n) is 10.5. The number of phenolic OH excluding ortho intramolecular Hbond substituents is 3. The molecule has 0 amide bonds. The molecule has 0 radical (unpaired) electrons. The molecule has 0 saturated heterocycles. The Bertz CT molecular complexity index is 837. The van der Waals surface area contributed by atoms with Gasteiger partial charge in [-0.3, -0.25) is 0 Å². The molecule has 2 rings (SSSR count). The van der Waals surface area contributed by atoms with Crippen molar-refractivity contribution in [1.82, 2.24) is 0 Å². The number of aryl methyl sites for hydroxylation is 2. The number of unbranched alkanes of at least 4 members (excludes halogenated alkanes) is 3. The Morgan fingerprint density at radius 1 is 0.967 bits per heavy atom. The fraction of sp³-hybridized carbons (Fsp3) is 0.400. The summed E-state index contributed by atoms with van der Waals surface area (Å²) in [4.78, 5) is 12.6. The summed E-state index contributed by atoms with van der Waals surface area (Å²) in [7, 11) is 0. The van der Waals surface area contributed by atoms with E-state index in [0.29, 0.717) is 30.9 Å². The van der Waals surface area contributed by atoms with Crippen LogP contribution in [0.1, 0.15) is 61.0 Å². The number of hydrogen-bond acceptors (Lipinski definition) is 5. The number of carbonyl (C=O) groups is 1. The second kappa shape index (κ2) is 11.9. The van der Waals surface area contributed by atoms with Crippen LogP contribution in [0.15, 0.2) is 48.6 Å². The first-order chi connectivity index (χ1) is 14.4. The van der Waals surface area contributed by atoms with Crippen LogP contribution in [0.25, 0.3) is 0 Å². The minimum atomic E-state index is -0.576. The predicted octanol–water partition coefficient (Wildman–Crippen LogP) is 5.52. The molecule has 0 aliphatic rings. The van der Waals surface area contributed by atoms with Crippen LogP contribution >= 0.6 is 0 Å². The van der Waals surface area contributed by atoms with Crippen LogP contribution in [0.4, 0.5) is 0 Å². The molecule has 30 heavy (non-hydrogen) atoms. The molecule has 2 aromatic rings. The van der Waals surface area contributed by atoms with Gasteiger partial charge < -0.3 is 20.1 Å². The van der Waals surface area contributed by atoms with E-state index < -0.39 is 5.97 Å². The molecule has 5 nitrogen and oxygen atoms in total. The highest BCUT2D eigenvalue weighted by Gasteiger charge is 2.19. The lowest BCUT2D eigenvalue weighted by molar-refractivity contribution is 0.0493. The number of benzene rings is 2. The number of carbonyl (C=O) groups excluding carboxylic acids is 1. The smallest absolute Gasteiger partial charge is 0.342 e. The molecule has 0 spiro atoms. The van der Waals surface area contributed by atoms with Crippen molar-refractivity contribution < 1.29 is 24.9 Å². The Morgan fingerprint density at radius 3 is 2.40 bits per heavy atom. The molecule has 2 aromatic carbocycles. The molecular weight excluding hydrogens is 380 g/mol. The number of aromatic hydroxyl groups is 3. The minimum absolute atomic E-state index is 0.0980. The van der Waals surface area contributed by atoms with E-state index in [0.717, 1.165) is 37.3 Å². The highest BCUT2D eigenvalue weighted by molar-refractivity contribution is 5.94. The maximum atomic E-state index is 12.6. The van der Waals surface area contributed by atoms with Gasteiger partial charge in [0, 0.05) is 6.07 Å². The molecule has 3 N–H and O–H groups in total. The van der Waals surface area contributed by atoms with Gasteiger partial charge in [0.15, 0.2) is 0 Å². The number of ether oxygens (including phenoxy) is 1. The van der Waals surface area contributed by atoms with Crippen molar-refractivity contribution in [2.75, 3.05) is 6.61 Å². The molecule has 0 aliphatic heterocycles. The molecule has 0 bridgehead atoms. The molecule has 0 atom stereocenters. The van der Waals surface area contributed by atoms with Gasteiger partial charge in [-0.05, 0) is 73.8 Å².